The number of piperidine rings is 1. The lowest BCUT2D eigenvalue weighted by Gasteiger charge is -2.36. The Morgan fingerprint density at radius 3 is 2.69 bits per heavy atom. The molecule has 19 heteroatoms. The number of halogens is 2. The van der Waals surface area contributed by atoms with Crippen LogP contribution in [-0.2, 0) is 26.1 Å². The zero-order chi connectivity index (χ0) is 42.6. The molecule has 4 aromatic heterocycles. The summed E-state index contributed by atoms with van der Waals surface area (Å²) in [6.07, 6.45) is 7.08. The first-order valence-electron chi connectivity index (χ1n) is 21.4. The van der Waals surface area contributed by atoms with E-state index in [1.165, 1.54) is 26.0 Å². The van der Waals surface area contributed by atoms with E-state index in [1.54, 1.807) is 24.0 Å². The molecule has 17 nitrogen and oxygen atoms in total. The number of imide groups is 1. The number of anilines is 2. The number of aromatic nitrogens is 7. The van der Waals surface area contributed by atoms with Crippen LogP contribution in [0.1, 0.15) is 91.5 Å². The third-order valence-electron chi connectivity index (χ3n) is 13.1. The van der Waals surface area contributed by atoms with Gasteiger partial charge in [-0.15, -0.1) is 0 Å². The Kier molecular flexibility index (Phi) is 10.6. The van der Waals surface area contributed by atoms with E-state index in [2.05, 4.69) is 42.5 Å². The molecule has 62 heavy (non-hydrogen) atoms. The predicted molar refractivity (Wildman–Crippen MR) is 221 cm³/mol. The number of benzene rings is 1. The fraction of sp³-hybridized carbons (Fsp3) is 0.512. The number of nitrogens with one attached hydrogen (secondary N) is 2. The number of carbonyl (C=O) groups excluding carboxylic acids is 3. The highest BCUT2D eigenvalue weighted by Crippen LogP contribution is 2.36. The second kappa shape index (κ2) is 16.4. The van der Waals surface area contributed by atoms with Crippen LogP contribution in [0.5, 0.6) is 0 Å². The van der Waals surface area contributed by atoms with Crippen LogP contribution in [0.2, 0.25) is 0 Å². The average molecular weight is 852 g/mol. The first-order chi connectivity index (χ1) is 30.1. The van der Waals surface area contributed by atoms with E-state index in [0.717, 1.165) is 64.1 Å². The fourth-order valence-electron chi connectivity index (χ4n) is 9.96. The minimum atomic E-state index is -2.88. The van der Waals surface area contributed by atoms with Crippen LogP contribution >= 0.6 is 0 Å². The van der Waals surface area contributed by atoms with Crippen LogP contribution < -0.4 is 21.2 Å². The van der Waals surface area contributed by atoms with E-state index in [0.29, 0.717) is 47.8 Å². The quantitative estimate of drug-likeness (QED) is 0.164. The van der Waals surface area contributed by atoms with Crippen molar-refractivity contribution in [3.8, 4) is 11.8 Å². The number of ether oxygens (including phenoxy) is 2. The van der Waals surface area contributed by atoms with Crippen LogP contribution in [0.3, 0.4) is 0 Å². The molecule has 1 saturated carbocycles. The zero-order valence-corrected chi connectivity index (χ0v) is 34.2. The minimum Gasteiger partial charge on any atom is -0.375 e. The number of hydrogen-bond donors (Lipinski definition) is 2. The largest absolute Gasteiger partial charge is 0.375 e. The summed E-state index contributed by atoms with van der Waals surface area (Å²) in [5.41, 5.74) is 1.59. The van der Waals surface area contributed by atoms with E-state index in [-0.39, 0.29) is 60.0 Å². The molecule has 0 radical (unpaired) electrons. The standard InChI is InChI=1S/C43H47F2N11O6/c1-51-38-26(5-3-7-33(38)56(43(51)60)34-12-13-36(57)49-42(34)59)4-2-6-29-21-52(16-17-61-29)20-25-8-10-27(11-9-25)55-23-32(37(50-55)39(44)45)47-41(58)31-19-46-54-15-14-35(48-40(31)54)53-22-30-18-28(53)24-62-30/h3,5,7,14-15,19,23,25,27-30,34,39H,6,8-13,16-18,20-22,24H2,1H3,(H,47,58)(H,49,57,59)/t25?,27?,28-,29+,30-,34?/m1/s1. The maximum Gasteiger partial charge on any atom is 0.329 e. The van der Waals surface area contributed by atoms with Crippen molar-refractivity contribution in [2.75, 3.05) is 49.6 Å². The molecule has 324 valence electrons. The van der Waals surface area contributed by atoms with Gasteiger partial charge in [0.2, 0.25) is 11.8 Å². The highest BCUT2D eigenvalue weighted by Gasteiger charge is 2.40. The number of fused-ring (bicyclic) bond motifs is 4. The first-order valence-corrected chi connectivity index (χ1v) is 21.4. The van der Waals surface area contributed by atoms with E-state index in [9.17, 15) is 28.0 Å². The van der Waals surface area contributed by atoms with Crippen molar-refractivity contribution in [1.82, 2.24) is 43.7 Å². The molecule has 5 aromatic rings. The lowest BCUT2D eigenvalue weighted by Crippen LogP contribution is -2.44. The number of nitrogens with zero attached hydrogens (tertiary/aromatic N) is 9. The lowest BCUT2D eigenvalue weighted by molar-refractivity contribution is -0.135. The topological polar surface area (TPSA) is 175 Å². The van der Waals surface area contributed by atoms with Gasteiger partial charge in [-0.2, -0.15) is 10.2 Å². The molecule has 0 spiro atoms. The Morgan fingerprint density at radius 1 is 1.06 bits per heavy atom. The van der Waals surface area contributed by atoms with Crippen molar-refractivity contribution in [2.45, 2.75) is 88.1 Å². The molecular formula is C43H47F2N11O6. The van der Waals surface area contributed by atoms with Gasteiger partial charge in [0.1, 0.15) is 17.4 Å². The number of imidazole rings is 1. The van der Waals surface area contributed by atoms with Gasteiger partial charge in [0, 0.05) is 58.5 Å². The molecule has 1 unspecified atom stereocenters. The summed E-state index contributed by atoms with van der Waals surface area (Å²) in [5.74, 6) is 6.25. The number of aryl methyl sites for hydroxylation is 1. The lowest BCUT2D eigenvalue weighted by atomic mass is 9.85. The number of carbonyl (C=O) groups is 3. The van der Waals surface area contributed by atoms with Gasteiger partial charge < -0.3 is 19.7 Å². The summed E-state index contributed by atoms with van der Waals surface area (Å²) in [6, 6.07) is 6.71. The predicted octanol–water partition coefficient (Wildman–Crippen LogP) is 3.60. The molecule has 3 amide bonds. The van der Waals surface area contributed by atoms with Crippen molar-refractivity contribution < 1.29 is 32.6 Å². The Hall–Kier alpha value is -5.97. The smallest absolute Gasteiger partial charge is 0.329 e. The molecule has 5 fully saturated rings. The van der Waals surface area contributed by atoms with E-state index in [4.69, 9.17) is 14.5 Å². The number of morpholine rings is 2. The minimum absolute atomic E-state index is 0.0227. The Morgan fingerprint density at radius 2 is 1.92 bits per heavy atom. The maximum atomic E-state index is 14.3. The van der Waals surface area contributed by atoms with Gasteiger partial charge in [-0.05, 0) is 62.6 Å². The fourth-order valence-corrected chi connectivity index (χ4v) is 9.96. The van der Waals surface area contributed by atoms with Crippen LogP contribution in [0.4, 0.5) is 20.3 Å². The summed E-state index contributed by atoms with van der Waals surface area (Å²) in [7, 11) is 1.66. The number of hydrogen-bond acceptors (Lipinski definition) is 11. The van der Waals surface area contributed by atoms with Gasteiger partial charge in [-0.25, -0.2) is 23.1 Å². The molecule has 2 N–H and O–H groups in total. The van der Waals surface area contributed by atoms with Crippen molar-refractivity contribution in [1.29, 1.82) is 0 Å². The van der Waals surface area contributed by atoms with E-state index < -0.39 is 30.0 Å². The van der Waals surface area contributed by atoms with Gasteiger partial charge in [-0.1, -0.05) is 17.9 Å². The highest BCUT2D eigenvalue weighted by molar-refractivity contribution is 6.08. The van der Waals surface area contributed by atoms with Gasteiger partial charge in [0.15, 0.2) is 11.3 Å². The van der Waals surface area contributed by atoms with Crippen LogP contribution in [0.15, 0.2) is 47.7 Å². The highest BCUT2D eigenvalue weighted by atomic mass is 19.3. The third-order valence-corrected chi connectivity index (χ3v) is 13.1. The summed E-state index contributed by atoms with van der Waals surface area (Å²) in [5, 5.41) is 13.6. The molecule has 1 aromatic carbocycles. The molecular weight excluding hydrogens is 805 g/mol. The molecule has 10 rings (SSSR count). The van der Waals surface area contributed by atoms with Crippen molar-refractivity contribution >= 4 is 45.9 Å². The Bertz CT molecular complexity index is 2690. The molecule has 5 aliphatic rings. The van der Waals surface area contributed by atoms with Crippen LogP contribution in [-0.4, -0.2) is 114 Å². The summed E-state index contributed by atoms with van der Waals surface area (Å²) in [6.45, 7) is 4.36. The number of rotatable bonds is 9. The van der Waals surface area contributed by atoms with Gasteiger partial charge in [-0.3, -0.25) is 38.4 Å². The molecule has 4 aliphatic heterocycles. The second-order valence-corrected chi connectivity index (χ2v) is 17.1. The van der Waals surface area contributed by atoms with Gasteiger partial charge >= 0.3 is 5.69 Å². The molecule has 2 bridgehead atoms. The number of para-hydroxylation sites is 1. The molecule has 8 heterocycles. The van der Waals surface area contributed by atoms with E-state index in [1.807, 2.05) is 18.2 Å². The van der Waals surface area contributed by atoms with Crippen molar-refractivity contribution in [3.63, 3.8) is 0 Å². The van der Waals surface area contributed by atoms with Crippen molar-refractivity contribution in [2.24, 2.45) is 13.0 Å². The SMILES string of the molecule is Cn1c(=O)n(C2CCC(=O)NC2=O)c2cccc(C#CC[C@H]3CN(CC4CCC(n5cc(NC(=O)c6cnn7ccc(N8C[C@H]9C[C@@H]8CO9)nc67)c(C(F)F)n5)CC4)CCO3)c21. The normalized spacial score (nSPS) is 25.5. The Balaban J connectivity index is 0.746. The summed E-state index contributed by atoms with van der Waals surface area (Å²) >= 11 is 0. The van der Waals surface area contributed by atoms with E-state index >= 15 is 0 Å². The second-order valence-electron chi connectivity index (χ2n) is 17.1. The van der Waals surface area contributed by atoms with Crippen LogP contribution in [0, 0.1) is 17.8 Å². The maximum absolute atomic E-state index is 14.3. The average Bonchev–Trinajstić information content (AvgIpc) is 4.12. The first kappa shape index (κ1) is 40.1. The van der Waals surface area contributed by atoms with Crippen LogP contribution in [0.25, 0.3) is 16.7 Å². The number of amides is 3. The number of alkyl halides is 2. The zero-order valence-electron chi connectivity index (χ0n) is 34.2. The molecule has 1 aliphatic carbocycles. The Labute approximate surface area is 354 Å². The van der Waals surface area contributed by atoms with Gasteiger partial charge in [0.25, 0.3) is 12.3 Å². The van der Waals surface area contributed by atoms with Gasteiger partial charge in [0.05, 0.1) is 66.0 Å². The third kappa shape index (κ3) is 7.53. The molecule has 4 saturated heterocycles. The summed E-state index contributed by atoms with van der Waals surface area (Å²) in [4.78, 5) is 60.6. The molecule has 4 atom stereocenters. The summed E-state index contributed by atoms with van der Waals surface area (Å²) < 4.78 is 46.5. The van der Waals surface area contributed by atoms with Crippen molar-refractivity contribution in [3.05, 3.63) is 70.2 Å². The monoisotopic (exact) mass is 851 g/mol.